The number of furan rings is 1. The summed E-state index contributed by atoms with van der Waals surface area (Å²) in [6.45, 7) is 0. The third-order valence-electron chi connectivity index (χ3n) is 8.51. The van der Waals surface area contributed by atoms with E-state index in [1.54, 1.807) is 0 Å². The van der Waals surface area contributed by atoms with Gasteiger partial charge in [0.1, 0.15) is 11.2 Å². The third kappa shape index (κ3) is 3.22. The first-order chi connectivity index (χ1) is 20.3. The van der Waals surface area contributed by atoms with Gasteiger partial charge in [0, 0.05) is 27.9 Å². The monoisotopic (exact) mass is 521 g/mol. The van der Waals surface area contributed by atoms with Gasteiger partial charge in [0.25, 0.3) is 0 Å². The first-order valence-electron chi connectivity index (χ1n) is 14.0. The van der Waals surface area contributed by atoms with Gasteiger partial charge in [0.05, 0.1) is 5.52 Å². The van der Waals surface area contributed by atoms with Crippen LogP contribution in [0, 0.1) is 0 Å². The molecule has 0 bridgehead atoms. The first-order valence-corrected chi connectivity index (χ1v) is 14.0. The van der Waals surface area contributed by atoms with E-state index in [1.165, 1.54) is 49.9 Å². The molecule has 41 heavy (non-hydrogen) atoms. The molecule has 2 nitrogen and oxygen atoms in total. The van der Waals surface area contributed by atoms with E-state index < -0.39 is 0 Å². The molecule has 8 aromatic rings. The highest BCUT2D eigenvalue weighted by Gasteiger charge is 2.24. The molecule has 2 heteroatoms. The smallest absolute Gasteiger partial charge is 0.143 e. The molecule has 6 aromatic carbocycles. The Morgan fingerprint density at radius 3 is 1.93 bits per heavy atom. The van der Waals surface area contributed by atoms with Gasteiger partial charge in [-0.1, -0.05) is 109 Å². The molecule has 0 amide bonds. The van der Waals surface area contributed by atoms with Gasteiger partial charge < -0.3 is 4.42 Å². The summed E-state index contributed by atoms with van der Waals surface area (Å²) in [5.41, 5.74) is 14.9. The van der Waals surface area contributed by atoms with Crippen molar-refractivity contribution in [3.05, 3.63) is 140 Å². The van der Waals surface area contributed by atoms with Crippen LogP contribution in [-0.4, -0.2) is 4.98 Å². The lowest BCUT2D eigenvalue weighted by molar-refractivity contribution is 0.670. The highest BCUT2D eigenvalue weighted by Crippen LogP contribution is 2.50. The van der Waals surface area contributed by atoms with Crippen LogP contribution in [0.25, 0.3) is 88.5 Å². The molecule has 0 aliphatic heterocycles. The lowest BCUT2D eigenvalue weighted by Gasteiger charge is -2.24. The van der Waals surface area contributed by atoms with Crippen molar-refractivity contribution in [2.75, 3.05) is 0 Å². The fourth-order valence-corrected chi connectivity index (χ4v) is 6.70. The van der Waals surface area contributed by atoms with Crippen LogP contribution < -0.4 is 0 Å². The Bertz CT molecular complexity index is 2320. The summed E-state index contributed by atoms with van der Waals surface area (Å²) in [4.78, 5) is 4.69. The Morgan fingerprint density at radius 1 is 0.415 bits per heavy atom. The predicted molar refractivity (Wildman–Crippen MR) is 170 cm³/mol. The van der Waals surface area contributed by atoms with Gasteiger partial charge in [-0.2, -0.15) is 0 Å². The lowest BCUT2D eigenvalue weighted by atomic mass is 9.79. The summed E-state index contributed by atoms with van der Waals surface area (Å²) in [5.74, 6) is 0. The number of rotatable bonds is 1. The standard InChI is InChI=1S/C39H23NO/c1-2-11-28-26(9-1)32-20-21-36-34(16-8-22-40-36)38(32)31-13-4-3-10-27(31)29-19-18-24(23-35(28)29)25-14-7-15-33-30-12-5-6-17-37(30)41-39(25)33/h1-23H. The molecule has 2 heterocycles. The minimum atomic E-state index is 0.916. The molecule has 1 aliphatic rings. The first kappa shape index (κ1) is 22.4. The number of para-hydroxylation sites is 2. The van der Waals surface area contributed by atoms with Crippen LogP contribution in [0.3, 0.4) is 0 Å². The number of hydrogen-bond donors (Lipinski definition) is 0. The van der Waals surface area contributed by atoms with Crippen molar-refractivity contribution in [2.24, 2.45) is 0 Å². The van der Waals surface area contributed by atoms with Crippen LogP contribution in [0.15, 0.2) is 144 Å². The number of hydrogen-bond acceptors (Lipinski definition) is 2. The Balaban J connectivity index is 1.37. The minimum Gasteiger partial charge on any atom is -0.455 e. The minimum absolute atomic E-state index is 0.916. The summed E-state index contributed by atoms with van der Waals surface area (Å²) in [6, 6.07) is 47.8. The van der Waals surface area contributed by atoms with Crippen molar-refractivity contribution in [3.8, 4) is 55.6 Å². The van der Waals surface area contributed by atoms with Crippen LogP contribution in [0.2, 0.25) is 0 Å². The molecular formula is C39H23NO. The summed E-state index contributed by atoms with van der Waals surface area (Å²) < 4.78 is 6.43. The van der Waals surface area contributed by atoms with Gasteiger partial charge >= 0.3 is 0 Å². The van der Waals surface area contributed by atoms with Crippen LogP contribution in [0.4, 0.5) is 0 Å². The molecule has 0 saturated carbocycles. The van der Waals surface area contributed by atoms with Gasteiger partial charge in [-0.3, -0.25) is 4.98 Å². The Kier molecular flexibility index (Phi) is 4.64. The number of nitrogens with zero attached hydrogens (tertiary/aromatic N) is 1. The average Bonchev–Trinajstić information content (AvgIpc) is 3.42. The van der Waals surface area contributed by atoms with Crippen molar-refractivity contribution < 1.29 is 4.42 Å². The van der Waals surface area contributed by atoms with Gasteiger partial charge in [-0.05, 0) is 74.3 Å². The number of aromatic nitrogens is 1. The second kappa shape index (κ2) is 8.51. The summed E-state index contributed by atoms with van der Waals surface area (Å²) in [5, 5.41) is 3.46. The van der Waals surface area contributed by atoms with E-state index in [0.717, 1.165) is 38.6 Å². The maximum Gasteiger partial charge on any atom is 0.143 e. The summed E-state index contributed by atoms with van der Waals surface area (Å²) >= 11 is 0. The molecule has 0 saturated heterocycles. The third-order valence-corrected chi connectivity index (χ3v) is 8.51. The molecule has 0 spiro atoms. The molecule has 190 valence electrons. The maximum absolute atomic E-state index is 6.43. The van der Waals surface area contributed by atoms with Crippen LogP contribution in [0.1, 0.15) is 0 Å². The van der Waals surface area contributed by atoms with E-state index in [-0.39, 0.29) is 0 Å². The molecule has 0 unspecified atom stereocenters. The van der Waals surface area contributed by atoms with Gasteiger partial charge in [0.15, 0.2) is 0 Å². The molecule has 0 atom stereocenters. The SMILES string of the molecule is c1ccc2c(c1)-c1cc(-c3cccc4c3oc3ccccc34)ccc1-c1ccccc1-c1c-2ccc2ncccc12. The van der Waals surface area contributed by atoms with E-state index in [4.69, 9.17) is 9.40 Å². The Morgan fingerprint density at radius 2 is 1.05 bits per heavy atom. The molecular weight excluding hydrogens is 498 g/mol. The van der Waals surface area contributed by atoms with Crippen molar-refractivity contribution in [3.63, 3.8) is 0 Å². The van der Waals surface area contributed by atoms with Gasteiger partial charge in [-0.15, -0.1) is 0 Å². The average molecular weight is 522 g/mol. The van der Waals surface area contributed by atoms with Crippen molar-refractivity contribution in [2.45, 2.75) is 0 Å². The molecule has 0 fully saturated rings. The number of fused-ring (bicyclic) bond motifs is 13. The van der Waals surface area contributed by atoms with Crippen molar-refractivity contribution in [1.29, 1.82) is 0 Å². The largest absolute Gasteiger partial charge is 0.455 e. The Hall–Kier alpha value is -5.47. The summed E-state index contributed by atoms with van der Waals surface area (Å²) in [6.07, 6.45) is 1.87. The van der Waals surface area contributed by atoms with E-state index in [0.29, 0.717) is 0 Å². The number of pyridine rings is 1. The summed E-state index contributed by atoms with van der Waals surface area (Å²) in [7, 11) is 0. The van der Waals surface area contributed by atoms with Crippen molar-refractivity contribution >= 4 is 32.8 Å². The fraction of sp³-hybridized carbons (Fsp3) is 0. The van der Waals surface area contributed by atoms with Crippen LogP contribution in [-0.2, 0) is 0 Å². The second-order valence-corrected chi connectivity index (χ2v) is 10.7. The number of benzene rings is 6. The second-order valence-electron chi connectivity index (χ2n) is 10.7. The molecule has 0 radical (unpaired) electrons. The zero-order chi connectivity index (χ0) is 26.9. The Labute approximate surface area is 237 Å². The van der Waals surface area contributed by atoms with Gasteiger partial charge in [-0.25, -0.2) is 0 Å². The highest BCUT2D eigenvalue weighted by atomic mass is 16.3. The highest BCUT2D eigenvalue weighted by molar-refractivity contribution is 6.12. The van der Waals surface area contributed by atoms with E-state index >= 15 is 0 Å². The molecule has 0 N–H and O–H groups in total. The molecule has 9 rings (SSSR count). The van der Waals surface area contributed by atoms with Crippen molar-refractivity contribution in [1.82, 2.24) is 4.98 Å². The predicted octanol–water partition coefficient (Wildman–Crippen LogP) is 10.8. The zero-order valence-corrected chi connectivity index (χ0v) is 22.1. The molecule has 2 aromatic heterocycles. The fourth-order valence-electron chi connectivity index (χ4n) is 6.70. The zero-order valence-electron chi connectivity index (χ0n) is 22.1. The molecule has 1 aliphatic carbocycles. The van der Waals surface area contributed by atoms with Crippen LogP contribution >= 0.6 is 0 Å². The van der Waals surface area contributed by atoms with E-state index in [2.05, 4.69) is 115 Å². The van der Waals surface area contributed by atoms with Gasteiger partial charge in [0.2, 0.25) is 0 Å². The maximum atomic E-state index is 6.43. The normalized spacial score (nSPS) is 11.9. The van der Waals surface area contributed by atoms with E-state index in [9.17, 15) is 0 Å². The lowest BCUT2D eigenvalue weighted by Crippen LogP contribution is -1.98. The van der Waals surface area contributed by atoms with Crippen LogP contribution in [0.5, 0.6) is 0 Å². The topological polar surface area (TPSA) is 26.0 Å². The van der Waals surface area contributed by atoms with E-state index in [1.807, 2.05) is 24.4 Å². The quantitative estimate of drug-likeness (QED) is 0.215.